The summed E-state index contributed by atoms with van der Waals surface area (Å²) in [6.07, 6.45) is 4.46. The molecule has 1 aliphatic rings. The summed E-state index contributed by atoms with van der Waals surface area (Å²) >= 11 is 0. The Bertz CT molecular complexity index is 281. The van der Waals surface area contributed by atoms with Crippen molar-refractivity contribution < 1.29 is 0 Å². The summed E-state index contributed by atoms with van der Waals surface area (Å²) in [7, 11) is 0. The fourth-order valence-electron chi connectivity index (χ4n) is 1.73. The van der Waals surface area contributed by atoms with E-state index >= 15 is 0 Å². The molecule has 1 saturated heterocycles. The quantitative estimate of drug-likeness (QED) is 0.629. The summed E-state index contributed by atoms with van der Waals surface area (Å²) in [5.74, 6) is 0. The molecule has 1 heterocycles. The van der Waals surface area contributed by atoms with E-state index in [2.05, 4.69) is 42.7 Å². The molecule has 1 aliphatic heterocycles. The van der Waals surface area contributed by atoms with E-state index in [1.165, 1.54) is 37.2 Å². The lowest BCUT2D eigenvalue weighted by atomic mass is 10.2. The van der Waals surface area contributed by atoms with Crippen LogP contribution in [0.2, 0.25) is 0 Å². The third kappa shape index (κ3) is 6.15. The van der Waals surface area contributed by atoms with Crippen LogP contribution in [0.4, 0.5) is 5.69 Å². The number of hydrogen-bond donors (Lipinski definition) is 0. The summed E-state index contributed by atoms with van der Waals surface area (Å²) < 4.78 is 0. The number of allylic oxidation sites excluding steroid dienone is 1. The van der Waals surface area contributed by atoms with E-state index < -0.39 is 0 Å². The van der Waals surface area contributed by atoms with Gasteiger partial charge in [0.15, 0.2) is 0 Å². The smallest absolute Gasteiger partial charge is 0.0366 e. The first-order valence-corrected chi connectivity index (χ1v) is 6.66. The van der Waals surface area contributed by atoms with Crippen molar-refractivity contribution in [1.29, 1.82) is 0 Å². The van der Waals surface area contributed by atoms with Crippen LogP contribution in [-0.2, 0) is 0 Å². The van der Waals surface area contributed by atoms with Crippen LogP contribution < -0.4 is 4.90 Å². The highest BCUT2D eigenvalue weighted by Crippen LogP contribution is 2.19. The Labute approximate surface area is 107 Å². The lowest BCUT2D eigenvalue weighted by Crippen LogP contribution is -2.17. The molecular weight excluding hydrogens is 206 g/mol. The van der Waals surface area contributed by atoms with Gasteiger partial charge in [0, 0.05) is 18.8 Å². The zero-order chi connectivity index (χ0) is 13.1. The topological polar surface area (TPSA) is 3.24 Å². The number of aryl methyl sites for hydroxylation is 1. The first-order valence-electron chi connectivity index (χ1n) is 6.66. The molecule has 0 aromatic heterocycles. The van der Waals surface area contributed by atoms with Gasteiger partial charge in [-0.25, -0.2) is 0 Å². The summed E-state index contributed by atoms with van der Waals surface area (Å²) in [6, 6.07) is 8.82. The zero-order valence-electron chi connectivity index (χ0n) is 11.9. The molecule has 1 fully saturated rings. The normalized spacial score (nSPS) is 13.1. The second kappa shape index (κ2) is 9.95. The van der Waals surface area contributed by atoms with Gasteiger partial charge in [-0.1, -0.05) is 37.6 Å². The Morgan fingerprint density at radius 1 is 1.06 bits per heavy atom. The van der Waals surface area contributed by atoms with Gasteiger partial charge >= 0.3 is 0 Å². The van der Waals surface area contributed by atoms with Crippen LogP contribution in [0.5, 0.6) is 0 Å². The van der Waals surface area contributed by atoms with Crippen molar-refractivity contribution in [2.45, 2.75) is 40.5 Å². The largest absolute Gasteiger partial charge is 0.372 e. The summed E-state index contributed by atoms with van der Waals surface area (Å²) in [6.45, 7) is 13.9. The molecule has 0 bridgehead atoms. The monoisotopic (exact) mass is 233 g/mol. The number of benzene rings is 1. The fourth-order valence-corrected chi connectivity index (χ4v) is 1.73. The summed E-state index contributed by atoms with van der Waals surface area (Å²) in [5.41, 5.74) is 2.73. The van der Waals surface area contributed by atoms with Crippen molar-refractivity contribution >= 4 is 5.69 Å². The highest BCUT2D eigenvalue weighted by Gasteiger charge is 2.10. The Balaban J connectivity index is 0.000000450. The van der Waals surface area contributed by atoms with Gasteiger partial charge in [0.2, 0.25) is 0 Å². The second-order valence-corrected chi connectivity index (χ2v) is 3.94. The minimum atomic E-state index is 1.24. The molecule has 96 valence electrons. The van der Waals surface area contributed by atoms with Gasteiger partial charge in [-0.15, -0.1) is 6.58 Å². The van der Waals surface area contributed by atoms with Crippen molar-refractivity contribution in [3.05, 3.63) is 42.5 Å². The fraction of sp³-hybridized carbons (Fsp3) is 0.500. The van der Waals surface area contributed by atoms with Crippen LogP contribution in [-0.4, -0.2) is 13.1 Å². The average Bonchev–Trinajstić information content (AvgIpc) is 2.87. The van der Waals surface area contributed by atoms with Crippen molar-refractivity contribution in [3.63, 3.8) is 0 Å². The number of anilines is 1. The van der Waals surface area contributed by atoms with Gasteiger partial charge in [0.05, 0.1) is 0 Å². The highest BCUT2D eigenvalue weighted by atomic mass is 15.1. The van der Waals surface area contributed by atoms with Gasteiger partial charge < -0.3 is 4.90 Å². The first-order chi connectivity index (χ1) is 8.27. The summed E-state index contributed by atoms with van der Waals surface area (Å²) in [4.78, 5) is 2.46. The van der Waals surface area contributed by atoms with Crippen LogP contribution >= 0.6 is 0 Å². The van der Waals surface area contributed by atoms with Crippen LogP contribution in [0, 0.1) is 6.92 Å². The molecule has 1 nitrogen and oxygen atoms in total. The molecule has 17 heavy (non-hydrogen) atoms. The molecule has 0 spiro atoms. The molecule has 0 N–H and O–H groups in total. The standard InChI is InChI=1S/C11H15N.C3H6.C2H6/c1-10-4-6-11(7-5-10)12-8-2-3-9-12;1-3-2;1-2/h4-7H,2-3,8-9H2,1H3;3H,1H2,2H3;1-2H3. The van der Waals surface area contributed by atoms with Crippen molar-refractivity contribution in [3.8, 4) is 0 Å². The van der Waals surface area contributed by atoms with E-state index in [1.54, 1.807) is 6.08 Å². The van der Waals surface area contributed by atoms with E-state index in [0.717, 1.165) is 0 Å². The lowest BCUT2D eigenvalue weighted by molar-refractivity contribution is 0.949. The van der Waals surface area contributed by atoms with Gasteiger partial charge in [-0.05, 0) is 38.8 Å². The minimum Gasteiger partial charge on any atom is -0.372 e. The molecule has 0 unspecified atom stereocenters. The number of hydrogen-bond acceptors (Lipinski definition) is 1. The molecular formula is C16H27N. The molecule has 0 aliphatic carbocycles. The van der Waals surface area contributed by atoms with E-state index in [4.69, 9.17) is 0 Å². The van der Waals surface area contributed by atoms with E-state index in [9.17, 15) is 0 Å². The molecule has 0 radical (unpaired) electrons. The molecule has 0 atom stereocenters. The maximum Gasteiger partial charge on any atom is 0.0366 e. The number of rotatable bonds is 1. The van der Waals surface area contributed by atoms with Crippen molar-refractivity contribution in [2.75, 3.05) is 18.0 Å². The lowest BCUT2D eigenvalue weighted by Gasteiger charge is -2.17. The van der Waals surface area contributed by atoms with E-state index in [1.807, 2.05) is 20.8 Å². The van der Waals surface area contributed by atoms with Gasteiger partial charge in [-0.2, -0.15) is 0 Å². The Kier molecular flexibility index (Phi) is 9.22. The molecule has 1 heteroatoms. The summed E-state index contributed by atoms with van der Waals surface area (Å²) in [5, 5.41) is 0. The van der Waals surface area contributed by atoms with Crippen LogP contribution in [0.1, 0.15) is 39.2 Å². The van der Waals surface area contributed by atoms with E-state index in [0.29, 0.717) is 0 Å². The maximum atomic E-state index is 3.36. The Hall–Kier alpha value is -1.24. The van der Waals surface area contributed by atoms with Crippen LogP contribution in [0.15, 0.2) is 36.9 Å². The molecule has 1 aromatic rings. The predicted molar refractivity (Wildman–Crippen MR) is 79.8 cm³/mol. The first kappa shape index (κ1) is 15.8. The van der Waals surface area contributed by atoms with Crippen LogP contribution in [0.25, 0.3) is 0 Å². The zero-order valence-corrected chi connectivity index (χ0v) is 11.9. The van der Waals surface area contributed by atoms with Gasteiger partial charge in [0.25, 0.3) is 0 Å². The number of nitrogens with zero attached hydrogens (tertiary/aromatic N) is 1. The molecule has 1 aromatic carbocycles. The molecule has 2 rings (SSSR count). The third-order valence-electron chi connectivity index (χ3n) is 2.51. The van der Waals surface area contributed by atoms with Crippen molar-refractivity contribution in [2.24, 2.45) is 0 Å². The van der Waals surface area contributed by atoms with Crippen molar-refractivity contribution in [1.82, 2.24) is 0 Å². The van der Waals surface area contributed by atoms with E-state index in [-0.39, 0.29) is 0 Å². The SMILES string of the molecule is C=CC.CC.Cc1ccc(N2CCCC2)cc1. The van der Waals surface area contributed by atoms with Gasteiger partial charge in [0.1, 0.15) is 0 Å². The molecule has 0 amide bonds. The highest BCUT2D eigenvalue weighted by molar-refractivity contribution is 5.48. The second-order valence-electron chi connectivity index (χ2n) is 3.94. The van der Waals surface area contributed by atoms with Crippen LogP contribution in [0.3, 0.4) is 0 Å². The average molecular weight is 233 g/mol. The molecule has 0 saturated carbocycles. The third-order valence-corrected chi connectivity index (χ3v) is 2.51. The minimum absolute atomic E-state index is 1.24. The van der Waals surface area contributed by atoms with Gasteiger partial charge in [-0.3, -0.25) is 0 Å². The maximum absolute atomic E-state index is 3.36. The predicted octanol–water partition coefficient (Wildman–Crippen LogP) is 4.81. The Morgan fingerprint density at radius 3 is 1.88 bits per heavy atom. The Morgan fingerprint density at radius 2 is 1.47 bits per heavy atom.